The minimum Gasteiger partial charge on any atom is -0.497 e. The van der Waals surface area contributed by atoms with Crippen molar-refractivity contribution in [2.24, 2.45) is 5.73 Å². The summed E-state index contributed by atoms with van der Waals surface area (Å²) >= 11 is 0.648. The number of methoxy groups -OCH3 is 1. The van der Waals surface area contributed by atoms with Crippen molar-refractivity contribution in [2.45, 2.75) is 19.5 Å². The maximum atomic E-state index is 14.3. The van der Waals surface area contributed by atoms with E-state index in [1.165, 1.54) is 18.2 Å². The van der Waals surface area contributed by atoms with Crippen molar-refractivity contribution in [3.05, 3.63) is 94.1 Å². The Balaban J connectivity index is 1.77. The fourth-order valence-electron chi connectivity index (χ4n) is 3.75. The molecule has 1 unspecified atom stereocenters. The van der Waals surface area contributed by atoms with Gasteiger partial charge in [0.1, 0.15) is 28.0 Å². The van der Waals surface area contributed by atoms with Gasteiger partial charge in [-0.15, -0.1) is 0 Å². The number of benzene rings is 2. The number of aryl methyl sites for hydroxylation is 1. The summed E-state index contributed by atoms with van der Waals surface area (Å²) in [5.74, 6) is -1.67. The molecule has 4 rings (SSSR count). The maximum Gasteiger partial charge on any atom is 0.273 e. The number of hydrogen-bond acceptors (Lipinski definition) is 8. The summed E-state index contributed by atoms with van der Waals surface area (Å²) in [7, 11) is 1.55. The molecule has 4 aromatic rings. The van der Waals surface area contributed by atoms with Gasteiger partial charge in [0.2, 0.25) is 0 Å². The molecule has 196 valence electrons. The molecule has 2 heterocycles. The summed E-state index contributed by atoms with van der Waals surface area (Å²) in [5.41, 5.74) is 11.7. The Morgan fingerprint density at radius 3 is 2.47 bits per heavy atom. The molecule has 38 heavy (non-hydrogen) atoms. The van der Waals surface area contributed by atoms with E-state index in [4.69, 9.17) is 20.6 Å². The quantitative estimate of drug-likeness (QED) is 0.295. The van der Waals surface area contributed by atoms with Crippen molar-refractivity contribution in [3.63, 3.8) is 0 Å². The standard InChI is InChI=1S/C26H24FN5O5S/c1-14-6-11-19(37-14)22(25(34)30-13-15-7-9-18(36-2)10-8-15)32(17-5-3-4-16(27)12-17)26(35)23-20(28)21(24(29)33)31-38-23/h3-12,22H,13,28H2,1-2H3,(H2,29,33)(H,30,34). The van der Waals surface area contributed by atoms with Crippen LogP contribution in [0.2, 0.25) is 0 Å². The molecule has 0 saturated heterocycles. The minimum absolute atomic E-state index is 0.0575. The van der Waals surface area contributed by atoms with Gasteiger partial charge in [-0.2, -0.15) is 4.37 Å². The van der Waals surface area contributed by atoms with E-state index in [9.17, 15) is 18.8 Å². The highest BCUT2D eigenvalue weighted by molar-refractivity contribution is 7.09. The van der Waals surface area contributed by atoms with Crippen LogP contribution in [0.4, 0.5) is 15.8 Å². The monoisotopic (exact) mass is 537 g/mol. The number of nitrogen functional groups attached to an aromatic ring is 1. The summed E-state index contributed by atoms with van der Waals surface area (Å²) in [6.45, 7) is 1.81. The lowest BCUT2D eigenvalue weighted by molar-refractivity contribution is -0.123. The van der Waals surface area contributed by atoms with Crippen molar-refractivity contribution in [1.82, 2.24) is 9.69 Å². The average Bonchev–Trinajstić information content (AvgIpc) is 3.50. The first-order valence-electron chi connectivity index (χ1n) is 11.3. The average molecular weight is 538 g/mol. The first-order valence-corrected chi connectivity index (χ1v) is 12.1. The number of nitrogens with zero attached hydrogens (tertiary/aromatic N) is 2. The molecule has 0 saturated carbocycles. The Bertz CT molecular complexity index is 1480. The van der Waals surface area contributed by atoms with E-state index < -0.39 is 29.6 Å². The van der Waals surface area contributed by atoms with Crippen LogP contribution in [0.3, 0.4) is 0 Å². The van der Waals surface area contributed by atoms with E-state index in [1.54, 1.807) is 50.4 Å². The number of hydrogen-bond donors (Lipinski definition) is 3. The van der Waals surface area contributed by atoms with Crippen LogP contribution in [0.25, 0.3) is 0 Å². The Kier molecular flexibility index (Phi) is 7.72. The number of amides is 3. The highest BCUT2D eigenvalue weighted by atomic mass is 32.1. The molecule has 12 heteroatoms. The molecule has 0 bridgehead atoms. The van der Waals surface area contributed by atoms with E-state index in [0.29, 0.717) is 23.0 Å². The summed E-state index contributed by atoms with van der Waals surface area (Å²) < 4.78 is 29.1. The zero-order valence-corrected chi connectivity index (χ0v) is 21.3. The molecule has 5 N–H and O–H groups in total. The number of aromatic nitrogens is 1. The molecule has 0 aliphatic heterocycles. The van der Waals surface area contributed by atoms with Crippen LogP contribution in [-0.4, -0.2) is 29.2 Å². The Labute approximate surface area is 221 Å². The van der Waals surface area contributed by atoms with Gasteiger partial charge in [0.25, 0.3) is 17.7 Å². The number of primary amides is 1. The third-order valence-corrected chi connectivity index (χ3v) is 6.47. The third-order valence-electron chi connectivity index (χ3n) is 5.62. The molecule has 0 aliphatic carbocycles. The van der Waals surface area contributed by atoms with Crippen LogP contribution < -0.4 is 26.4 Å². The second kappa shape index (κ2) is 11.1. The van der Waals surface area contributed by atoms with Crippen LogP contribution in [-0.2, 0) is 11.3 Å². The minimum atomic E-state index is -1.37. The summed E-state index contributed by atoms with van der Waals surface area (Å²) in [6.07, 6.45) is 0. The highest BCUT2D eigenvalue weighted by Gasteiger charge is 2.38. The van der Waals surface area contributed by atoms with Crippen LogP contribution in [0.1, 0.15) is 43.3 Å². The number of furan rings is 1. The number of carbonyl (C=O) groups is 3. The van der Waals surface area contributed by atoms with Gasteiger partial charge in [0.05, 0.1) is 12.8 Å². The van der Waals surface area contributed by atoms with Gasteiger partial charge in [-0.3, -0.25) is 19.3 Å². The zero-order chi connectivity index (χ0) is 27.4. The second-order valence-corrected chi connectivity index (χ2v) is 8.98. The van der Waals surface area contributed by atoms with E-state index in [1.807, 2.05) is 0 Å². The summed E-state index contributed by atoms with van der Waals surface area (Å²) in [4.78, 5) is 40.2. The Morgan fingerprint density at radius 2 is 1.89 bits per heavy atom. The number of nitrogens with one attached hydrogen (secondary N) is 1. The molecule has 0 spiro atoms. The first kappa shape index (κ1) is 26.4. The predicted molar refractivity (Wildman–Crippen MR) is 139 cm³/mol. The summed E-state index contributed by atoms with van der Waals surface area (Å²) in [6, 6.07) is 14.1. The predicted octanol–water partition coefficient (Wildman–Crippen LogP) is 3.58. The Morgan fingerprint density at radius 1 is 1.16 bits per heavy atom. The number of anilines is 2. The number of ether oxygens (including phenoxy) is 1. The lowest BCUT2D eigenvalue weighted by Crippen LogP contribution is -2.43. The van der Waals surface area contributed by atoms with Gasteiger partial charge >= 0.3 is 0 Å². The largest absolute Gasteiger partial charge is 0.497 e. The summed E-state index contributed by atoms with van der Waals surface area (Å²) in [5, 5.41) is 2.81. The van der Waals surface area contributed by atoms with Crippen LogP contribution in [0.5, 0.6) is 5.75 Å². The molecule has 1 atom stereocenters. The lowest BCUT2D eigenvalue weighted by Gasteiger charge is -2.29. The lowest BCUT2D eigenvalue weighted by atomic mass is 10.1. The van der Waals surface area contributed by atoms with Crippen LogP contribution in [0.15, 0.2) is 65.1 Å². The highest BCUT2D eigenvalue weighted by Crippen LogP contribution is 2.34. The molecule has 2 aromatic heterocycles. The van der Waals surface area contributed by atoms with Crippen molar-refractivity contribution in [3.8, 4) is 5.75 Å². The van der Waals surface area contributed by atoms with Gasteiger partial charge in [-0.05, 0) is 66.5 Å². The molecular formula is C26H24FN5O5S. The van der Waals surface area contributed by atoms with E-state index >= 15 is 0 Å². The number of halogens is 1. The third kappa shape index (κ3) is 5.49. The van der Waals surface area contributed by atoms with E-state index in [0.717, 1.165) is 16.5 Å². The van der Waals surface area contributed by atoms with Gasteiger partial charge in [0.15, 0.2) is 11.7 Å². The van der Waals surface area contributed by atoms with Gasteiger partial charge in [-0.25, -0.2) is 4.39 Å². The van der Waals surface area contributed by atoms with Crippen molar-refractivity contribution < 1.29 is 27.9 Å². The van der Waals surface area contributed by atoms with Gasteiger partial charge in [-0.1, -0.05) is 18.2 Å². The fourth-order valence-corrected chi connectivity index (χ4v) is 4.49. The molecule has 0 aliphatic rings. The topological polar surface area (TPSA) is 154 Å². The van der Waals surface area contributed by atoms with Gasteiger partial charge in [0, 0.05) is 12.2 Å². The number of nitrogens with two attached hydrogens (primary N) is 2. The first-order chi connectivity index (χ1) is 18.2. The SMILES string of the molecule is COc1ccc(CNC(=O)C(c2ccc(C)o2)N(C(=O)c2snc(C(N)=O)c2N)c2cccc(F)c2)cc1. The van der Waals surface area contributed by atoms with Crippen molar-refractivity contribution in [1.29, 1.82) is 0 Å². The second-order valence-electron chi connectivity index (χ2n) is 8.21. The maximum absolute atomic E-state index is 14.3. The van der Waals surface area contributed by atoms with Crippen molar-refractivity contribution in [2.75, 3.05) is 17.7 Å². The van der Waals surface area contributed by atoms with Crippen LogP contribution in [0, 0.1) is 12.7 Å². The smallest absolute Gasteiger partial charge is 0.273 e. The van der Waals surface area contributed by atoms with Gasteiger partial charge < -0.3 is 25.9 Å². The fraction of sp³-hybridized carbons (Fsp3) is 0.154. The number of carbonyl (C=O) groups excluding carboxylic acids is 3. The normalized spacial score (nSPS) is 11.6. The van der Waals surface area contributed by atoms with Crippen LogP contribution >= 0.6 is 11.5 Å². The molecule has 0 fully saturated rings. The molecule has 10 nitrogen and oxygen atoms in total. The van der Waals surface area contributed by atoms with Crippen molar-refractivity contribution >= 4 is 40.6 Å². The number of rotatable bonds is 9. The molecule has 0 radical (unpaired) electrons. The molecular weight excluding hydrogens is 513 g/mol. The molecule has 3 amide bonds. The van der Waals surface area contributed by atoms with E-state index in [-0.39, 0.29) is 34.3 Å². The zero-order valence-electron chi connectivity index (χ0n) is 20.4. The Hall–Kier alpha value is -4.71. The molecule has 2 aromatic carbocycles. The van der Waals surface area contributed by atoms with E-state index in [2.05, 4.69) is 9.69 Å².